The Balaban J connectivity index is 0. The maximum absolute atomic E-state index is 11.3. The summed E-state index contributed by atoms with van der Waals surface area (Å²) in [4.78, 5) is 25.9. The molecule has 0 spiro atoms. The van der Waals surface area contributed by atoms with E-state index in [9.17, 15) is 9.59 Å². The Morgan fingerprint density at radius 2 is 1.80 bits per heavy atom. The monoisotopic (exact) mass is 291 g/mol. The second kappa shape index (κ2) is 11.8. The highest BCUT2D eigenvalue weighted by molar-refractivity contribution is 5.98. The predicted octanol–water partition coefficient (Wildman–Crippen LogP) is 2.17. The van der Waals surface area contributed by atoms with E-state index in [0.717, 1.165) is 19.4 Å². The van der Waals surface area contributed by atoms with Crippen LogP contribution in [0.3, 0.4) is 0 Å². The van der Waals surface area contributed by atoms with Gasteiger partial charge in [0.1, 0.15) is 6.42 Å². The molecule has 1 atom stereocenters. The van der Waals surface area contributed by atoms with Gasteiger partial charge in [-0.15, -0.1) is 0 Å². The number of Topliss-reactive ketones (excluding diaryl/α,β-unsaturated/α-hetero) is 1. The third-order valence-corrected chi connectivity index (χ3v) is 2.27. The first-order valence-corrected chi connectivity index (χ1v) is 6.95. The molecule has 6 nitrogen and oxygen atoms in total. The molecule has 1 saturated heterocycles. The second-order valence-electron chi connectivity index (χ2n) is 5.07. The number of hydrogen-bond acceptors (Lipinski definition) is 6. The predicted molar refractivity (Wildman–Crippen MR) is 77.5 cm³/mol. The normalized spacial score (nSPS) is 17.2. The van der Waals surface area contributed by atoms with Crippen molar-refractivity contribution in [2.24, 2.45) is 0 Å². The van der Waals surface area contributed by atoms with Crippen LogP contribution in [0.4, 0.5) is 0 Å². The second-order valence-corrected chi connectivity index (χ2v) is 5.07. The topological polar surface area (TPSA) is 84.9 Å². The van der Waals surface area contributed by atoms with Gasteiger partial charge in [0.05, 0.1) is 18.8 Å². The number of rotatable bonds is 3. The number of carbonyl (C=O) groups is 2. The van der Waals surface area contributed by atoms with Gasteiger partial charge in [-0.05, 0) is 40.2 Å². The van der Waals surface area contributed by atoms with Gasteiger partial charge in [0.15, 0.2) is 5.78 Å². The lowest BCUT2D eigenvalue weighted by molar-refractivity contribution is -0.306. The number of nitrogens with one attached hydrogen (secondary N) is 1. The van der Waals surface area contributed by atoms with E-state index in [2.05, 4.69) is 14.9 Å². The molecular weight excluding hydrogens is 262 g/mol. The van der Waals surface area contributed by atoms with Crippen LogP contribution in [0, 0.1) is 0 Å². The molecule has 120 valence electrons. The molecule has 0 saturated carbocycles. The quantitative estimate of drug-likeness (QED) is 0.359. The SMILES string of the molecule is CC.CC(C)(C)OO.COC(=O)CC(=O)C1CCCN1. The number of carbonyl (C=O) groups excluding carboxylic acids is 2. The third-order valence-electron chi connectivity index (χ3n) is 2.27. The van der Waals surface area contributed by atoms with Gasteiger partial charge in [-0.1, -0.05) is 13.8 Å². The summed E-state index contributed by atoms with van der Waals surface area (Å²) >= 11 is 0. The molecule has 0 aromatic carbocycles. The van der Waals surface area contributed by atoms with Crippen LogP contribution in [0.25, 0.3) is 0 Å². The molecule has 1 aliphatic heterocycles. The van der Waals surface area contributed by atoms with E-state index in [1.165, 1.54) is 7.11 Å². The number of ketones is 1. The van der Waals surface area contributed by atoms with Crippen LogP contribution in [-0.4, -0.2) is 42.3 Å². The molecule has 0 aliphatic carbocycles. The molecular formula is C14H29NO5. The summed E-state index contributed by atoms with van der Waals surface area (Å²) in [5.41, 5.74) is -0.403. The fourth-order valence-corrected chi connectivity index (χ4v) is 1.30. The highest BCUT2D eigenvalue weighted by atomic mass is 17.1. The van der Waals surface area contributed by atoms with Crippen LogP contribution in [0.5, 0.6) is 0 Å². The minimum atomic E-state index is -0.450. The summed E-state index contributed by atoms with van der Waals surface area (Å²) < 4.78 is 4.39. The summed E-state index contributed by atoms with van der Waals surface area (Å²) in [6, 6.07) is -0.121. The van der Waals surface area contributed by atoms with Gasteiger partial charge in [-0.25, -0.2) is 4.89 Å². The van der Waals surface area contributed by atoms with Crippen molar-refractivity contribution in [3.05, 3.63) is 0 Å². The summed E-state index contributed by atoms with van der Waals surface area (Å²) in [7, 11) is 1.29. The first-order chi connectivity index (χ1) is 9.30. The van der Waals surface area contributed by atoms with Gasteiger partial charge < -0.3 is 10.1 Å². The number of ether oxygens (including phenoxy) is 1. The summed E-state index contributed by atoms with van der Waals surface area (Å²) in [5, 5.41) is 10.9. The highest BCUT2D eigenvalue weighted by Crippen LogP contribution is 2.07. The first-order valence-electron chi connectivity index (χ1n) is 6.95. The number of esters is 1. The van der Waals surface area contributed by atoms with E-state index in [1.54, 1.807) is 20.8 Å². The molecule has 1 heterocycles. The van der Waals surface area contributed by atoms with Crippen molar-refractivity contribution in [2.45, 2.75) is 65.5 Å². The van der Waals surface area contributed by atoms with E-state index < -0.39 is 11.6 Å². The zero-order valence-electron chi connectivity index (χ0n) is 13.5. The molecule has 1 aliphatic rings. The third kappa shape index (κ3) is 12.1. The Morgan fingerprint density at radius 3 is 2.10 bits per heavy atom. The zero-order valence-corrected chi connectivity index (χ0v) is 13.5. The van der Waals surface area contributed by atoms with Crippen molar-refractivity contribution >= 4 is 11.8 Å². The van der Waals surface area contributed by atoms with Crippen LogP contribution in [0.1, 0.15) is 53.9 Å². The summed E-state index contributed by atoms with van der Waals surface area (Å²) in [6.45, 7) is 10.2. The van der Waals surface area contributed by atoms with E-state index in [-0.39, 0.29) is 18.2 Å². The molecule has 1 rings (SSSR count). The maximum Gasteiger partial charge on any atom is 0.313 e. The van der Waals surface area contributed by atoms with Crippen molar-refractivity contribution in [3.63, 3.8) is 0 Å². The average Bonchev–Trinajstić information content (AvgIpc) is 2.95. The van der Waals surface area contributed by atoms with Crippen LogP contribution >= 0.6 is 0 Å². The minimum Gasteiger partial charge on any atom is -0.469 e. The average molecular weight is 291 g/mol. The van der Waals surface area contributed by atoms with E-state index >= 15 is 0 Å². The molecule has 0 radical (unpaired) electrons. The molecule has 2 N–H and O–H groups in total. The maximum atomic E-state index is 11.3. The fraction of sp³-hybridized carbons (Fsp3) is 0.857. The highest BCUT2D eigenvalue weighted by Gasteiger charge is 2.23. The Bertz CT molecular complexity index is 267. The van der Waals surface area contributed by atoms with Gasteiger partial charge in [-0.3, -0.25) is 14.8 Å². The van der Waals surface area contributed by atoms with Gasteiger partial charge in [0, 0.05) is 0 Å². The zero-order chi connectivity index (χ0) is 16.2. The molecule has 20 heavy (non-hydrogen) atoms. The van der Waals surface area contributed by atoms with Gasteiger partial charge in [0.2, 0.25) is 0 Å². The van der Waals surface area contributed by atoms with Gasteiger partial charge in [-0.2, -0.15) is 0 Å². The van der Waals surface area contributed by atoms with E-state index in [4.69, 9.17) is 5.26 Å². The Hall–Kier alpha value is -0.980. The van der Waals surface area contributed by atoms with Gasteiger partial charge >= 0.3 is 5.97 Å². The first kappa shape index (κ1) is 21.3. The van der Waals surface area contributed by atoms with E-state index in [0.29, 0.717) is 0 Å². The summed E-state index contributed by atoms with van der Waals surface area (Å²) in [6.07, 6.45) is 1.75. The van der Waals surface area contributed by atoms with Crippen LogP contribution in [-0.2, 0) is 19.2 Å². The van der Waals surface area contributed by atoms with Crippen LogP contribution in [0.15, 0.2) is 0 Å². The lowest BCUT2D eigenvalue weighted by atomic mass is 10.1. The Kier molecular flexibility index (Phi) is 12.6. The van der Waals surface area contributed by atoms with Crippen LogP contribution < -0.4 is 5.32 Å². The Morgan fingerprint density at radius 1 is 1.30 bits per heavy atom. The van der Waals surface area contributed by atoms with Crippen molar-refractivity contribution in [1.29, 1.82) is 0 Å². The largest absolute Gasteiger partial charge is 0.469 e. The fourth-order valence-electron chi connectivity index (χ4n) is 1.30. The molecule has 0 aromatic heterocycles. The standard InChI is InChI=1S/C8H13NO3.C4H10O2.C2H6/c1-12-8(11)5-7(10)6-3-2-4-9-6;1-4(2,3)6-5;1-2/h6,9H,2-5H2,1H3;5H,1-3H3;1-2H3. The molecule has 1 unspecified atom stereocenters. The number of methoxy groups -OCH3 is 1. The van der Waals surface area contributed by atoms with Crippen molar-refractivity contribution < 1.29 is 24.5 Å². The van der Waals surface area contributed by atoms with Crippen molar-refractivity contribution in [3.8, 4) is 0 Å². The van der Waals surface area contributed by atoms with Gasteiger partial charge in [0.25, 0.3) is 0 Å². The van der Waals surface area contributed by atoms with Crippen LogP contribution in [0.2, 0.25) is 0 Å². The number of hydrogen-bond donors (Lipinski definition) is 2. The van der Waals surface area contributed by atoms with Crippen molar-refractivity contribution in [2.75, 3.05) is 13.7 Å². The molecule has 1 fully saturated rings. The summed E-state index contributed by atoms with van der Waals surface area (Å²) in [5.74, 6) is -0.506. The molecule has 0 bridgehead atoms. The molecule has 0 amide bonds. The lowest BCUT2D eigenvalue weighted by Gasteiger charge is -2.10. The molecule has 6 heteroatoms. The molecule has 0 aromatic rings. The van der Waals surface area contributed by atoms with E-state index in [1.807, 2.05) is 13.8 Å². The van der Waals surface area contributed by atoms with Crippen molar-refractivity contribution in [1.82, 2.24) is 5.32 Å². The Labute approximate surface area is 121 Å². The smallest absolute Gasteiger partial charge is 0.313 e. The minimum absolute atomic E-state index is 0.0562. The lowest BCUT2D eigenvalue weighted by Crippen LogP contribution is -2.32.